The fourth-order valence-electron chi connectivity index (χ4n) is 3.25. The molecule has 1 fully saturated rings. The second kappa shape index (κ2) is 8.36. The van der Waals surface area contributed by atoms with Gasteiger partial charge in [-0.25, -0.2) is 4.98 Å². The molecule has 6 nitrogen and oxygen atoms in total. The van der Waals surface area contributed by atoms with E-state index in [0.717, 1.165) is 49.1 Å². The molecule has 2 aromatic rings. The third kappa shape index (κ3) is 4.43. The first kappa shape index (κ1) is 18.5. The molecule has 0 radical (unpaired) electrons. The predicted octanol–water partition coefficient (Wildman–Crippen LogP) is 2.61. The maximum Gasteiger partial charge on any atom is 0.251 e. The average Bonchev–Trinajstić information content (AvgIpc) is 2.63. The number of para-hydroxylation sites is 2. The summed E-state index contributed by atoms with van der Waals surface area (Å²) in [5.41, 5.74) is 1.94. The van der Waals surface area contributed by atoms with Crippen molar-refractivity contribution in [2.45, 2.75) is 33.2 Å². The number of nitrogens with zero attached hydrogens (tertiary/aromatic N) is 3. The summed E-state index contributed by atoms with van der Waals surface area (Å²) in [7, 11) is 0. The van der Waals surface area contributed by atoms with Crippen LogP contribution in [0.3, 0.4) is 0 Å². The standard InChI is InChI=1S/C20H28N4O2/c1-4-26-18-8-6-5-7-17(18)24-11-9-23(10-12-24)14-16-13-19(25)22-20(21-16)15(2)3/h5-8,13,15H,4,9-12,14H2,1-3H3,(H,21,22,25). The van der Waals surface area contributed by atoms with Crippen LogP contribution in [0.2, 0.25) is 0 Å². The van der Waals surface area contributed by atoms with E-state index in [1.807, 2.05) is 32.9 Å². The van der Waals surface area contributed by atoms with Crippen molar-refractivity contribution in [3.8, 4) is 5.75 Å². The van der Waals surface area contributed by atoms with Gasteiger partial charge in [0.15, 0.2) is 0 Å². The van der Waals surface area contributed by atoms with Crippen LogP contribution < -0.4 is 15.2 Å². The van der Waals surface area contributed by atoms with Crippen LogP contribution >= 0.6 is 0 Å². The van der Waals surface area contributed by atoms with Gasteiger partial charge in [0, 0.05) is 44.7 Å². The number of H-pyrrole nitrogens is 1. The average molecular weight is 356 g/mol. The van der Waals surface area contributed by atoms with Crippen LogP contribution in [0.15, 0.2) is 35.1 Å². The summed E-state index contributed by atoms with van der Waals surface area (Å²) in [5, 5.41) is 0. The van der Waals surface area contributed by atoms with Gasteiger partial charge in [-0.05, 0) is 19.1 Å². The number of ether oxygens (including phenoxy) is 1. The van der Waals surface area contributed by atoms with Crippen LogP contribution in [0.1, 0.15) is 38.2 Å². The highest BCUT2D eigenvalue weighted by atomic mass is 16.5. The van der Waals surface area contributed by atoms with Gasteiger partial charge in [0.25, 0.3) is 5.56 Å². The van der Waals surface area contributed by atoms with Gasteiger partial charge in [0.2, 0.25) is 0 Å². The molecule has 0 amide bonds. The van der Waals surface area contributed by atoms with Crippen LogP contribution in [-0.2, 0) is 6.54 Å². The molecule has 1 aromatic carbocycles. The molecule has 0 bridgehead atoms. The van der Waals surface area contributed by atoms with Gasteiger partial charge >= 0.3 is 0 Å². The minimum absolute atomic E-state index is 0.0667. The SMILES string of the molecule is CCOc1ccccc1N1CCN(Cc2cc(=O)[nH]c(C(C)C)n2)CC1. The molecular formula is C20H28N4O2. The number of benzene rings is 1. The third-order valence-corrected chi connectivity index (χ3v) is 4.62. The van der Waals surface area contributed by atoms with Gasteiger partial charge in [-0.2, -0.15) is 0 Å². The van der Waals surface area contributed by atoms with Crippen molar-refractivity contribution in [1.29, 1.82) is 0 Å². The molecule has 0 atom stereocenters. The zero-order chi connectivity index (χ0) is 18.5. The van der Waals surface area contributed by atoms with Crippen molar-refractivity contribution in [2.75, 3.05) is 37.7 Å². The minimum atomic E-state index is -0.0667. The first-order valence-electron chi connectivity index (χ1n) is 9.36. The molecule has 1 saturated heterocycles. The summed E-state index contributed by atoms with van der Waals surface area (Å²) in [6.07, 6.45) is 0. The molecule has 26 heavy (non-hydrogen) atoms. The molecule has 1 aliphatic heterocycles. The molecule has 140 valence electrons. The Balaban J connectivity index is 1.64. The number of aromatic amines is 1. The summed E-state index contributed by atoms with van der Waals surface area (Å²) in [6, 6.07) is 9.82. The fourth-order valence-corrected chi connectivity index (χ4v) is 3.25. The molecule has 0 saturated carbocycles. The second-order valence-corrected chi connectivity index (χ2v) is 6.94. The summed E-state index contributed by atoms with van der Waals surface area (Å²) in [5.74, 6) is 1.92. The van der Waals surface area contributed by atoms with Gasteiger partial charge in [0.1, 0.15) is 11.6 Å². The van der Waals surface area contributed by atoms with Crippen LogP contribution in [0.25, 0.3) is 0 Å². The largest absolute Gasteiger partial charge is 0.492 e. The van der Waals surface area contributed by atoms with E-state index in [0.29, 0.717) is 13.2 Å². The Morgan fingerprint density at radius 3 is 2.62 bits per heavy atom. The molecular weight excluding hydrogens is 328 g/mol. The summed E-state index contributed by atoms with van der Waals surface area (Å²) in [6.45, 7) is 11.2. The smallest absolute Gasteiger partial charge is 0.251 e. The van der Waals surface area contributed by atoms with E-state index in [-0.39, 0.29) is 11.5 Å². The highest BCUT2D eigenvalue weighted by molar-refractivity contribution is 5.58. The summed E-state index contributed by atoms with van der Waals surface area (Å²) < 4.78 is 5.76. The summed E-state index contributed by atoms with van der Waals surface area (Å²) >= 11 is 0. The lowest BCUT2D eigenvalue weighted by molar-refractivity contribution is 0.245. The Hall–Kier alpha value is -2.34. The van der Waals surface area contributed by atoms with Crippen LogP contribution in [0, 0.1) is 0 Å². The molecule has 0 spiro atoms. The quantitative estimate of drug-likeness (QED) is 0.862. The van der Waals surface area contributed by atoms with E-state index >= 15 is 0 Å². The van der Waals surface area contributed by atoms with Gasteiger partial charge in [0.05, 0.1) is 18.0 Å². The van der Waals surface area contributed by atoms with Crippen molar-refractivity contribution < 1.29 is 4.74 Å². The Bertz CT molecular complexity index is 779. The van der Waals surface area contributed by atoms with Gasteiger partial charge < -0.3 is 14.6 Å². The Morgan fingerprint density at radius 2 is 1.92 bits per heavy atom. The van der Waals surface area contributed by atoms with E-state index in [2.05, 4.69) is 31.9 Å². The number of aromatic nitrogens is 2. The third-order valence-electron chi connectivity index (χ3n) is 4.62. The molecule has 0 aliphatic carbocycles. The van der Waals surface area contributed by atoms with Crippen molar-refractivity contribution >= 4 is 5.69 Å². The summed E-state index contributed by atoms with van der Waals surface area (Å²) in [4.78, 5) is 24.0. The van der Waals surface area contributed by atoms with Crippen molar-refractivity contribution in [3.05, 3.63) is 52.2 Å². The van der Waals surface area contributed by atoms with Crippen molar-refractivity contribution in [1.82, 2.24) is 14.9 Å². The van der Waals surface area contributed by atoms with Crippen LogP contribution in [0.4, 0.5) is 5.69 Å². The first-order chi connectivity index (χ1) is 12.6. The number of anilines is 1. The van der Waals surface area contributed by atoms with Crippen molar-refractivity contribution in [3.63, 3.8) is 0 Å². The number of hydrogen-bond donors (Lipinski definition) is 1. The Morgan fingerprint density at radius 1 is 1.19 bits per heavy atom. The number of nitrogens with one attached hydrogen (secondary N) is 1. The minimum Gasteiger partial charge on any atom is -0.492 e. The monoisotopic (exact) mass is 356 g/mol. The predicted molar refractivity (Wildman–Crippen MR) is 104 cm³/mol. The van der Waals surface area contributed by atoms with E-state index < -0.39 is 0 Å². The first-order valence-corrected chi connectivity index (χ1v) is 9.36. The highest BCUT2D eigenvalue weighted by Crippen LogP contribution is 2.28. The maximum atomic E-state index is 11.9. The van der Waals surface area contributed by atoms with Gasteiger partial charge in [-0.1, -0.05) is 26.0 Å². The number of piperazine rings is 1. The molecule has 1 aliphatic rings. The lowest BCUT2D eigenvalue weighted by atomic mass is 10.2. The lowest BCUT2D eigenvalue weighted by Gasteiger charge is -2.36. The number of hydrogen-bond acceptors (Lipinski definition) is 5. The topological polar surface area (TPSA) is 61.5 Å². The van der Waals surface area contributed by atoms with E-state index in [1.54, 1.807) is 6.07 Å². The zero-order valence-electron chi connectivity index (χ0n) is 15.9. The van der Waals surface area contributed by atoms with Crippen LogP contribution in [-0.4, -0.2) is 47.7 Å². The molecule has 1 N–H and O–H groups in total. The van der Waals surface area contributed by atoms with E-state index in [9.17, 15) is 4.79 Å². The van der Waals surface area contributed by atoms with E-state index in [1.165, 1.54) is 0 Å². The molecule has 1 aromatic heterocycles. The van der Waals surface area contributed by atoms with Crippen LogP contribution in [0.5, 0.6) is 5.75 Å². The highest BCUT2D eigenvalue weighted by Gasteiger charge is 2.20. The lowest BCUT2D eigenvalue weighted by Crippen LogP contribution is -2.46. The van der Waals surface area contributed by atoms with Gasteiger partial charge in [-0.3, -0.25) is 9.69 Å². The molecule has 0 unspecified atom stereocenters. The maximum absolute atomic E-state index is 11.9. The van der Waals surface area contributed by atoms with Gasteiger partial charge in [-0.15, -0.1) is 0 Å². The molecule has 2 heterocycles. The zero-order valence-corrected chi connectivity index (χ0v) is 15.9. The Labute approximate surface area is 154 Å². The fraction of sp³-hybridized carbons (Fsp3) is 0.500. The second-order valence-electron chi connectivity index (χ2n) is 6.94. The number of rotatable bonds is 6. The molecule has 3 rings (SSSR count). The van der Waals surface area contributed by atoms with E-state index in [4.69, 9.17) is 4.74 Å². The normalized spacial score (nSPS) is 15.5. The molecule has 6 heteroatoms. The Kier molecular flexibility index (Phi) is 5.93. The van der Waals surface area contributed by atoms with Crippen molar-refractivity contribution in [2.24, 2.45) is 0 Å².